The van der Waals surface area contributed by atoms with Gasteiger partial charge in [0.1, 0.15) is 23.2 Å². The van der Waals surface area contributed by atoms with Crippen LogP contribution in [0.5, 0.6) is 5.75 Å². The third-order valence-corrected chi connectivity index (χ3v) is 3.77. The molecular formula is C16H18FN3O. The molecule has 4 nitrogen and oxygen atoms in total. The van der Waals surface area contributed by atoms with Gasteiger partial charge in [0.15, 0.2) is 0 Å². The van der Waals surface area contributed by atoms with Crippen LogP contribution in [0.3, 0.4) is 0 Å². The van der Waals surface area contributed by atoms with Gasteiger partial charge in [-0.25, -0.2) is 14.4 Å². The van der Waals surface area contributed by atoms with Gasteiger partial charge in [-0.15, -0.1) is 0 Å². The first kappa shape index (κ1) is 13.8. The number of rotatable bonds is 4. The number of nitrogens with zero attached hydrogens (tertiary/aromatic N) is 2. The zero-order valence-electron chi connectivity index (χ0n) is 12.4. The Morgan fingerprint density at radius 1 is 1.29 bits per heavy atom. The number of anilines is 1. The van der Waals surface area contributed by atoms with Gasteiger partial charge in [-0.3, -0.25) is 0 Å². The Hall–Kier alpha value is -2.17. The highest BCUT2D eigenvalue weighted by atomic mass is 19.1. The lowest BCUT2D eigenvalue weighted by molar-refractivity contribution is 0.411. The molecule has 1 aliphatic rings. The fourth-order valence-corrected chi connectivity index (χ4v) is 2.38. The summed E-state index contributed by atoms with van der Waals surface area (Å²) in [5.41, 5.74) is 1.98. The van der Waals surface area contributed by atoms with Crippen molar-refractivity contribution in [1.29, 1.82) is 0 Å². The summed E-state index contributed by atoms with van der Waals surface area (Å²) >= 11 is 0. The van der Waals surface area contributed by atoms with E-state index >= 15 is 0 Å². The molecule has 0 radical (unpaired) electrons. The van der Waals surface area contributed by atoms with Crippen LogP contribution in [0.25, 0.3) is 11.3 Å². The van der Waals surface area contributed by atoms with Gasteiger partial charge in [-0.2, -0.15) is 0 Å². The molecule has 0 atom stereocenters. The van der Waals surface area contributed by atoms with Crippen LogP contribution in [0.15, 0.2) is 18.2 Å². The fraction of sp³-hybridized carbons (Fsp3) is 0.375. The van der Waals surface area contributed by atoms with Gasteiger partial charge in [0, 0.05) is 30.2 Å². The van der Waals surface area contributed by atoms with Crippen molar-refractivity contribution >= 4 is 5.82 Å². The second kappa shape index (κ2) is 5.31. The maximum atomic E-state index is 14.3. The summed E-state index contributed by atoms with van der Waals surface area (Å²) in [6, 6.07) is 4.84. The van der Waals surface area contributed by atoms with E-state index in [1.54, 1.807) is 12.1 Å². The highest BCUT2D eigenvalue weighted by molar-refractivity contribution is 5.69. The molecule has 0 saturated heterocycles. The molecular weight excluding hydrogens is 269 g/mol. The van der Waals surface area contributed by atoms with Gasteiger partial charge >= 0.3 is 0 Å². The van der Waals surface area contributed by atoms with Crippen molar-refractivity contribution in [3.63, 3.8) is 0 Å². The number of methoxy groups -OCH3 is 1. The molecule has 0 unspecified atom stereocenters. The zero-order chi connectivity index (χ0) is 15.0. The lowest BCUT2D eigenvalue weighted by atomic mass is 10.1. The minimum atomic E-state index is -0.333. The van der Waals surface area contributed by atoms with Crippen molar-refractivity contribution in [3.8, 4) is 17.0 Å². The van der Waals surface area contributed by atoms with Gasteiger partial charge in [0.25, 0.3) is 0 Å². The first-order valence-electron chi connectivity index (χ1n) is 7.04. The van der Waals surface area contributed by atoms with E-state index in [1.165, 1.54) is 13.2 Å². The lowest BCUT2D eigenvalue weighted by Crippen LogP contribution is -2.05. The van der Waals surface area contributed by atoms with Crippen molar-refractivity contribution in [2.75, 3.05) is 19.5 Å². The van der Waals surface area contributed by atoms with Gasteiger partial charge in [0.05, 0.1) is 12.8 Å². The molecule has 21 heavy (non-hydrogen) atoms. The van der Waals surface area contributed by atoms with Crippen molar-refractivity contribution < 1.29 is 9.13 Å². The summed E-state index contributed by atoms with van der Waals surface area (Å²) < 4.78 is 19.4. The number of hydrogen-bond donors (Lipinski definition) is 1. The van der Waals surface area contributed by atoms with Crippen LogP contribution in [-0.4, -0.2) is 24.1 Å². The van der Waals surface area contributed by atoms with Crippen molar-refractivity contribution in [3.05, 3.63) is 35.4 Å². The Morgan fingerprint density at radius 3 is 2.62 bits per heavy atom. The average Bonchev–Trinajstić information content (AvgIpc) is 3.32. The number of ether oxygens (including phenoxy) is 1. The number of aromatic nitrogens is 2. The van der Waals surface area contributed by atoms with Crippen LogP contribution < -0.4 is 10.1 Å². The topological polar surface area (TPSA) is 47.0 Å². The van der Waals surface area contributed by atoms with E-state index in [1.807, 2.05) is 14.0 Å². The molecule has 0 amide bonds. The van der Waals surface area contributed by atoms with Crippen molar-refractivity contribution in [1.82, 2.24) is 9.97 Å². The Kier molecular flexibility index (Phi) is 3.49. The van der Waals surface area contributed by atoms with Crippen LogP contribution >= 0.6 is 0 Å². The number of hydrogen-bond acceptors (Lipinski definition) is 4. The third kappa shape index (κ3) is 2.55. The maximum Gasteiger partial charge on any atom is 0.136 e. The standard InChI is InChI=1S/C16H18FN3O/c1-9-14(12-7-6-11(21-3)8-13(12)17)19-16(10-4-5-10)20-15(9)18-2/h6-8,10H,4-5H2,1-3H3,(H,18,19,20). The fourth-order valence-electron chi connectivity index (χ4n) is 2.38. The average molecular weight is 287 g/mol. The minimum Gasteiger partial charge on any atom is -0.497 e. The Labute approximate surface area is 123 Å². The molecule has 3 rings (SSSR count). The van der Waals surface area contributed by atoms with Crippen LogP contribution in [-0.2, 0) is 0 Å². The number of benzene rings is 1. The van der Waals surface area contributed by atoms with E-state index in [-0.39, 0.29) is 5.82 Å². The monoisotopic (exact) mass is 287 g/mol. The lowest BCUT2D eigenvalue weighted by Gasteiger charge is -2.13. The molecule has 1 fully saturated rings. The summed E-state index contributed by atoms with van der Waals surface area (Å²) in [6.45, 7) is 1.90. The summed E-state index contributed by atoms with van der Waals surface area (Å²) in [5.74, 6) is 2.14. The molecule has 1 heterocycles. The van der Waals surface area contributed by atoms with Gasteiger partial charge in [0.2, 0.25) is 0 Å². The molecule has 1 aromatic carbocycles. The molecule has 0 bridgehead atoms. The van der Waals surface area contributed by atoms with Crippen molar-refractivity contribution in [2.24, 2.45) is 0 Å². The van der Waals surface area contributed by atoms with E-state index in [0.29, 0.717) is 22.9 Å². The second-order valence-electron chi connectivity index (χ2n) is 5.27. The molecule has 5 heteroatoms. The summed E-state index contributed by atoms with van der Waals surface area (Å²) in [6.07, 6.45) is 2.22. The van der Waals surface area contributed by atoms with Crippen LogP contribution in [0.2, 0.25) is 0 Å². The minimum absolute atomic E-state index is 0.333. The summed E-state index contributed by atoms with van der Waals surface area (Å²) in [5, 5.41) is 3.07. The van der Waals surface area contributed by atoms with Crippen LogP contribution in [0, 0.1) is 12.7 Å². The number of nitrogens with one attached hydrogen (secondary N) is 1. The van der Waals surface area contributed by atoms with Gasteiger partial charge < -0.3 is 10.1 Å². The predicted molar refractivity (Wildman–Crippen MR) is 80.2 cm³/mol. The smallest absolute Gasteiger partial charge is 0.136 e. The largest absolute Gasteiger partial charge is 0.497 e. The van der Waals surface area contributed by atoms with E-state index in [4.69, 9.17) is 4.74 Å². The quantitative estimate of drug-likeness (QED) is 0.934. The third-order valence-electron chi connectivity index (χ3n) is 3.77. The molecule has 1 saturated carbocycles. The summed E-state index contributed by atoms with van der Waals surface area (Å²) in [4.78, 5) is 9.13. The predicted octanol–water partition coefficient (Wildman–Crippen LogP) is 3.52. The number of halogens is 1. The molecule has 1 aliphatic carbocycles. The Balaban J connectivity index is 2.14. The zero-order valence-corrected chi connectivity index (χ0v) is 12.4. The molecule has 110 valence electrons. The first-order chi connectivity index (χ1) is 10.1. The molecule has 0 spiro atoms. The van der Waals surface area contributed by atoms with E-state index in [0.717, 1.165) is 30.0 Å². The first-order valence-corrected chi connectivity index (χ1v) is 7.04. The normalized spacial score (nSPS) is 14.1. The maximum absolute atomic E-state index is 14.3. The van der Waals surface area contributed by atoms with Gasteiger partial charge in [-0.1, -0.05) is 0 Å². The molecule has 0 aliphatic heterocycles. The van der Waals surface area contributed by atoms with Gasteiger partial charge in [-0.05, 0) is 31.9 Å². The Morgan fingerprint density at radius 2 is 2.05 bits per heavy atom. The Bertz CT molecular complexity index is 683. The molecule has 1 N–H and O–H groups in total. The van der Waals surface area contributed by atoms with E-state index in [9.17, 15) is 4.39 Å². The van der Waals surface area contributed by atoms with Crippen LogP contribution in [0.4, 0.5) is 10.2 Å². The SMILES string of the molecule is CNc1nc(C2CC2)nc(-c2ccc(OC)cc2F)c1C. The summed E-state index contributed by atoms with van der Waals surface area (Å²) in [7, 11) is 3.34. The van der Waals surface area contributed by atoms with E-state index < -0.39 is 0 Å². The molecule has 2 aromatic rings. The highest BCUT2D eigenvalue weighted by Gasteiger charge is 2.28. The highest BCUT2D eigenvalue weighted by Crippen LogP contribution is 2.40. The molecule has 1 aromatic heterocycles. The second-order valence-corrected chi connectivity index (χ2v) is 5.27. The van der Waals surface area contributed by atoms with Crippen LogP contribution in [0.1, 0.15) is 30.1 Å². The van der Waals surface area contributed by atoms with E-state index in [2.05, 4.69) is 15.3 Å². The van der Waals surface area contributed by atoms with Crippen molar-refractivity contribution in [2.45, 2.75) is 25.7 Å².